The van der Waals surface area contributed by atoms with Crippen LogP contribution in [0.4, 0.5) is 4.79 Å². The molecule has 220 valence electrons. The smallest absolute Gasteiger partial charge is 0.410 e. The summed E-state index contributed by atoms with van der Waals surface area (Å²) in [6.07, 6.45) is 11.6. The van der Waals surface area contributed by atoms with Gasteiger partial charge in [0, 0.05) is 38.1 Å². The molecule has 1 aromatic carbocycles. The first kappa shape index (κ1) is 29.0. The van der Waals surface area contributed by atoms with Crippen LogP contribution in [-0.4, -0.2) is 84.2 Å². The van der Waals surface area contributed by atoms with Crippen molar-refractivity contribution in [1.29, 1.82) is 0 Å². The van der Waals surface area contributed by atoms with Crippen molar-refractivity contribution < 1.29 is 19.1 Å². The summed E-state index contributed by atoms with van der Waals surface area (Å²) in [7, 11) is 0. The Balaban J connectivity index is 1.03. The van der Waals surface area contributed by atoms with E-state index in [-0.39, 0.29) is 12.0 Å². The maximum Gasteiger partial charge on any atom is 0.410 e. The molecule has 0 spiro atoms. The number of carbonyl (C=O) groups is 2. The number of hydrogen-bond acceptors (Lipinski definition) is 5. The molecule has 3 aliphatic heterocycles. The Kier molecular flexibility index (Phi) is 9.39. The molecule has 2 amide bonds. The Hall–Kier alpha value is -2.54. The molecule has 0 aromatic heterocycles. The van der Waals surface area contributed by atoms with Crippen molar-refractivity contribution in [3.05, 3.63) is 35.9 Å². The largest absolute Gasteiger partial charge is 0.493 e. The predicted molar refractivity (Wildman–Crippen MR) is 158 cm³/mol. The highest BCUT2D eigenvalue weighted by Crippen LogP contribution is 2.33. The number of hydrogen-bond donors (Lipinski definition) is 0. The van der Waals surface area contributed by atoms with Crippen molar-refractivity contribution in [2.75, 3.05) is 45.9 Å². The Bertz CT molecular complexity index is 1020. The molecular formula is C33H49N3O4. The minimum Gasteiger partial charge on any atom is -0.493 e. The Morgan fingerprint density at radius 3 is 2.10 bits per heavy atom. The number of nitrogens with zero attached hydrogens (tertiary/aromatic N) is 3. The van der Waals surface area contributed by atoms with E-state index < -0.39 is 5.60 Å². The van der Waals surface area contributed by atoms with E-state index >= 15 is 0 Å². The second-order valence-corrected chi connectivity index (χ2v) is 13.2. The molecule has 0 radical (unpaired) electrons. The maximum absolute atomic E-state index is 13.2. The first-order valence-corrected chi connectivity index (χ1v) is 15.7. The highest BCUT2D eigenvalue weighted by Gasteiger charge is 2.32. The van der Waals surface area contributed by atoms with E-state index in [1.165, 1.54) is 37.1 Å². The standard InChI is InChI=1S/C33H49N3O4/c1-33(2,3)40-32(38)36-20-14-25(15-21-36)24-39-30-12-10-27(11-13-30)26-6-8-28(9-7-26)31(37)35-22-16-29(17-23-35)34-18-4-5-19-34/h6,10-13,25,28-29H,4-5,7-9,14-24H2,1-3H3. The molecule has 1 atom stereocenters. The molecule has 1 unspecified atom stereocenters. The maximum atomic E-state index is 13.2. The van der Waals surface area contributed by atoms with Crippen molar-refractivity contribution in [2.45, 2.75) is 90.2 Å². The van der Waals surface area contributed by atoms with Gasteiger partial charge in [0.2, 0.25) is 5.91 Å². The number of ether oxygens (including phenoxy) is 2. The van der Waals surface area contributed by atoms with Gasteiger partial charge in [-0.05, 0) is 121 Å². The van der Waals surface area contributed by atoms with Crippen LogP contribution in [0.1, 0.15) is 84.1 Å². The molecular weight excluding hydrogens is 502 g/mol. The minimum absolute atomic E-state index is 0.136. The Labute approximate surface area is 240 Å². The predicted octanol–water partition coefficient (Wildman–Crippen LogP) is 5.98. The first-order valence-electron chi connectivity index (χ1n) is 15.7. The zero-order chi connectivity index (χ0) is 28.1. The fourth-order valence-electron chi connectivity index (χ4n) is 6.72. The third-order valence-electron chi connectivity index (χ3n) is 9.17. The molecule has 3 saturated heterocycles. The molecule has 40 heavy (non-hydrogen) atoms. The van der Waals surface area contributed by atoms with Crippen LogP contribution in [0.15, 0.2) is 30.3 Å². The Morgan fingerprint density at radius 2 is 1.50 bits per heavy atom. The van der Waals surface area contributed by atoms with Crippen LogP contribution in [0.5, 0.6) is 5.75 Å². The summed E-state index contributed by atoms with van der Waals surface area (Å²) in [5.41, 5.74) is 2.12. The van der Waals surface area contributed by atoms with Gasteiger partial charge in [-0.15, -0.1) is 0 Å². The third-order valence-corrected chi connectivity index (χ3v) is 9.17. The van der Waals surface area contributed by atoms with Crippen molar-refractivity contribution in [1.82, 2.24) is 14.7 Å². The summed E-state index contributed by atoms with van der Waals surface area (Å²) in [5.74, 6) is 1.84. The van der Waals surface area contributed by atoms with Crippen molar-refractivity contribution in [2.24, 2.45) is 11.8 Å². The number of carbonyl (C=O) groups excluding carboxylic acids is 2. The second-order valence-electron chi connectivity index (χ2n) is 13.2. The van der Waals surface area contributed by atoms with Crippen molar-refractivity contribution >= 4 is 17.6 Å². The highest BCUT2D eigenvalue weighted by molar-refractivity contribution is 5.81. The summed E-state index contributed by atoms with van der Waals surface area (Å²) >= 11 is 0. The molecule has 0 saturated carbocycles. The van der Waals surface area contributed by atoms with E-state index in [2.05, 4.69) is 40.1 Å². The van der Waals surface area contributed by atoms with Gasteiger partial charge < -0.3 is 24.2 Å². The van der Waals surface area contributed by atoms with Gasteiger partial charge in [-0.3, -0.25) is 4.79 Å². The van der Waals surface area contributed by atoms with E-state index in [0.717, 1.165) is 76.9 Å². The van der Waals surface area contributed by atoms with E-state index in [0.29, 0.717) is 24.5 Å². The molecule has 7 heteroatoms. The number of amides is 2. The van der Waals surface area contributed by atoms with Crippen LogP contribution < -0.4 is 4.74 Å². The summed E-state index contributed by atoms with van der Waals surface area (Å²) < 4.78 is 11.6. The molecule has 0 N–H and O–H groups in total. The zero-order valence-corrected chi connectivity index (χ0v) is 24.9. The van der Waals surface area contributed by atoms with E-state index in [4.69, 9.17) is 9.47 Å². The van der Waals surface area contributed by atoms with Gasteiger partial charge in [0.1, 0.15) is 11.4 Å². The topological polar surface area (TPSA) is 62.3 Å². The fourth-order valence-corrected chi connectivity index (χ4v) is 6.72. The lowest BCUT2D eigenvalue weighted by Crippen LogP contribution is -2.47. The lowest BCUT2D eigenvalue weighted by Gasteiger charge is -2.38. The number of allylic oxidation sites excluding steroid dienone is 2. The summed E-state index contributed by atoms with van der Waals surface area (Å²) in [4.78, 5) is 32.1. The van der Waals surface area contributed by atoms with Gasteiger partial charge in [0.25, 0.3) is 0 Å². The normalized spacial score (nSPS) is 23.7. The molecule has 3 fully saturated rings. The van der Waals surface area contributed by atoms with Crippen molar-refractivity contribution in [3.8, 4) is 5.75 Å². The Morgan fingerprint density at radius 1 is 0.850 bits per heavy atom. The monoisotopic (exact) mass is 551 g/mol. The highest BCUT2D eigenvalue weighted by atomic mass is 16.6. The molecule has 1 aromatic rings. The quantitative estimate of drug-likeness (QED) is 0.435. The summed E-state index contributed by atoms with van der Waals surface area (Å²) in [6.45, 7) is 12.2. The van der Waals surface area contributed by atoms with E-state index in [9.17, 15) is 9.59 Å². The van der Waals surface area contributed by atoms with Crippen LogP contribution in [-0.2, 0) is 9.53 Å². The van der Waals surface area contributed by atoms with Crippen LogP contribution in [0.3, 0.4) is 0 Å². The average Bonchev–Trinajstić information content (AvgIpc) is 3.51. The lowest BCUT2D eigenvalue weighted by molar-refractivity contribution is -0.137. The minimum atomic E-state index is -0.458. The third kappa shape index (κ3) is 7.59. The van der Waals surface area contributed by atoms with Gasteiger partial charge in [-0.25, -0.2) is 4.79 Å². The van der Waals surface area contributed by atoms with Crippen LogP contribution in [0.25, 0.3) is 5.57 Å². The first-order chi connectivity index (χ1) is 19.2. The van der Waals surface area contributed by atoms with Gasteiger partial charge in [-0.2, -0.15) is 0 Å². The molecule has 3 heterocycles. The molecule has 0 bridgehead atoms. The average molecular weight is 552 g/mol. The van der Waals surface area contributed by atoms with Crippen LogP contribution in [0.2, 0.25) is 0 Å². The van der Waals surface area contributed by atoms with Crippen LogP contribution >= 0.6 is 0 Å². The van der Waals surface area contributed by atoms with E-state index in [1.807, 2.05) is 25.7 Å². The fraction of sp³-hybridized carbons (Fsp3) is 0.697. The number of piperidine rings is 2. The van der Waals surface area contributed by atoms with Gasteiger partial charge >= 0.3 is 6.09 Å². The second kappa shape index (κ2) is 13.0. The van der Waals surface area contributed by atoms with Crippen LogP contribution in [0, 0.1) is 11.8 Å². The lowest BCUT2D eigenvalue weighted by atomic mass is 9.85. The molecule has 7 nitrogen and oxygen atoms in total. The van der Waals surface area contributed by atoms with Crippen molar-refractivity contribution in [3.63, 3.8) is 0 Å². The van der Waals surface area contributed by atoms with Gasteiger partial charge in [0.15, 0.2) is 0 Å². The van der Waals surface area contributed by atoms with Gasteiger partial charge in [-0.1, -0.05) is 18.2 Å². The zero-order valence-electron chi connectivity index (χ0n) is 24.9. The SMILES string of the molecule is CC(C)(C)OC(=O)N1CCC(COc2ccc(C3=CCC(C(=O)N4CCC(N5CCCC5)CC4)CC3)cc2)CC1. The molecule has 4 aliphatic rings. The van der Waals surface area contributed by atoms with Gasteiger partial charge in [0.05, 0.1) is 6.61 Å². The summed E-state index contributed by atoms with van der Waals surface area (Å²) in [6, 6.07) is 9.12. The van der Waals surface area contributed by atoms with E-state index in [1.54, 1.807) is 0 Å². The number of rotatable bonds is 6. The number of benzene rings is 1. The molecule has 5 rings (SSSR count). The molecule has 1 aliphatic carbocycles. The number of likely N-dealkylation sites (tertiary alicyclic amines) is 3. The summed E-state index contributed by atoms with van der Waals surface area (Å²) in [5, 5.41) is 0.